The summed E-state index contributed by atoms with van der Waals surface area (Å²) >= 11 is 0. The molecule has 1 aromatic carbocycles. The van der Waals surface area contributed by atoms with Gasteiger partial charge < -0.3 is 10.1 Å². The zero-order valence-electron chi connectivity index (χ0n) is 12.4. The van der Waals surface area contributed by atoms with Gasteiger partial charge in [-0.15, -0.1) is 0 Å². The van der Waals surface area contributed by atoms with Crippen molar-refractivity contribution in [2.45, 2.75) is 26.3 Å². The Morgan fingerprint density at radius 2 is 1.75 bits per heavy atom. The molecule has 0 aliphatic heterocycles. The van der Waals surface area contributed by atoms with Gasteiger partial charge in [-0.2, -0.15) is 0 Å². The molecule has 20 heavy (non-hydrogen) atoms. The lowest BCUT2D eigenvalue weighted by Crippen LogP contribution is -2.19. The number of pyridine rings is 1. The van der Waals surface area contributed by atoms with E-state index in [2.05, 4.69) is 48.4 Å². The molecule has 0 saturated heterocycles. The average Bonchev–Trinajstić information content (AvgIpc) is 2.53. The summed E-state index contributed by atoms with van der Waals surface area (Å²) in [4.78, 5) is 4.24. The van der Waals surface area contributed by atoms with Crippen molar-refractivity contribution in [3.63, 3.8) is 0 Å². The number of hydrogen-bond acceptors (Lipinski definition) is 3. The summed E-state index contributed by atoms with van der Waals surface area (Å²) < 4.78 is 5.08. The van der Waals surface area contributed by atoms with Crippen molar-refractivity contribution < 1.29 is 4.74 Å². The number of nitrogens with one attached hydrogen (secondary N) is 1. The van der Waals surface area contributed by atoms with Crippen molar-refractivity contribution in [2.75, 3.05) is 13.7 Å². The molecule has 0 fully saturated rings. The third-order valence-electron chi connectivity index (χ3n) is 3.45. The maximum absolute atomic E-state index is 5.08. The molecule has 1 aromatic heterocycles. The first kappa shape index (κ1) is 14.5. The van der Waals surface area contributed by atoms with E-state index in [0.717, 1.165) is 18.5 Å². The molecule has 0 spiro atoms. The van der Waals surface area contributed by atoms with Gasteiger partial charge in [0.15, 0.2) is 0 Å². The van der Waals surface area contributed by atoms with E-state index in [9.17, 15) is 0 Å². The molecule has 106 valence electrons. The predicted molar refractivity (Wildman–Crippen MR) is 82.9 cm³/mol. The molecule has 0 bridgehead atoms. The number of hydrogen-bond donors (Lipinski definition) is 1. The Labute approximate surface area is 121 Å². The molecule has 2 aromatic rings. The Kier molecular flexibility index (Phi) is 5.13. The first-order valence-corrected chi connectivity index (χ1v) is 7.12. The van der Waals surface area contributed by atoms with Crippen molar-refractivity contribution in [2.24, 2.45) is 0 Å². The molecule has 0 radical (unpaired) electrons. The van der Waals surface area contributed by atoms with Gasteiger partial charge in [0.05, 0.1) is 7.11 Å². The summed E-state index contributed by atoms with van der Waals surface area (Å²) in [5.41, 5.74) is 3.61. The Bertz CT molecular complexity index is 520. The molecule has 1 heterocycles. The lowest BCUT2D eigenvalue weighted by molar-refractivity contribution is 0.398. The second kappa shape index (κ2) is 7.06. The van der Waals surface area contributed by atoms with Gasteiger partial charge in [0.1, 0.15) is 0 Å². The van der Waals surface area contributed by atoms with Crippen LogP contribution in [-0.4, -0.2) is 18.6 Å². The maximum atomic E-state index is 5.08. The monoisotopic (exact) mass is 270 g/mol. The van der Waals surface area contributed by atoms with E-state index < -0.39 is 0 Å². The first-order chi connectivity index (χ1) is 9.78. The molecule has 0 saturated carbocycles. The van der Waals surface area contributed by atoms with Gasteiger partial charge in [0.2, 0.25) is 5.88 Å². The molecular weight excluding hydrogens is 248 g/mol. The molecule has 0 amide bonds. The smallest absolute Gasteiger partial charge is 0.212 e. The van der Waals surface area contributed by atoms with E-state index >= 15 is 0 Å². The Morgan fingerprint density at radius 1 is 1.05 bits per heavy atom. The minimum atomic E-state index is 0.433. The van der Waals surface area contributed by atoms with Crippen LogP contribution < -0.4 is 10.1 Å². The van der Waals surface area contributed by atoms with Gasteiger partial charge in [-0.25, -0.2) is 4.98 Å². The summed E-state index contributed by atoms with van der Waals surface area (Å²) in [6, 6.07) is 13.0. The third-order valence-corrected chi connectivity index (χ3v) is 3.45. The van der Waals surface area contributed by atoms with Crippen LogP contribution in [0.4, 0.5) is 0 Å². The molecule has 3 heteroatoms. The zero-order chi connectivity index (χ0) is 14.4. The minimum Gasteiger partial charge on any atom is -0.481 e. The number of nitrogens with zero attached hydrogens (tertiary/aromatic N) is 1. The third kappa shape index (κ3) is 3.36. The van der Waals surface area contributed by atoms with Crippen LogP contribution in [0.25, 0.3) is 11.1 Å². The topological polar surface area (TPSA) is 34.1 Å². The van der Waals surface area contributed by atoms with E-state index in [1.807, 2.05) is 18.3 Å². The van der Waals surface area contributed by atoms with Gasteiger partial charge in [-0.05, 0) is 30.2 Å². The van der Waals surface area contributed by atoms with Crippen LogP contribution in [0, 0.1) is 0 Å². The first-order valence-electron chi connectivity index (χ1n) is 7.12. The van der Waals surface area contributed by atoms with E-state index in [0.29, 0.717) is 11.9 Å². The molecular formula is C17H22N2O. The Morgan fingerprint density at radius 3 is 2.25 bits per heavy atom. The van der Waals surface area contributed by atoms with Crippen LogP contribution in [0.15, 0.2) is 42.6 Å². The summed E-state index contributed by atoms with van der Waals surface area (Å²) in [5, 5.41) is 3.49. The standard InChI is InChI=1S/C17H22N2O/c1-4-16(18-5-2)14-8-6-13(7-9-14)15-10-11-17(20-3)19-12-15/h6-12,16,18H,4-5H2,1-3H3. The highest BCUT2D eigenvalue weighted by atomic mass is 16.5. The van der Waals surface area contributed by atoms with Crippen LogP contribution in [0.1, 0.15) is 31.9 Å². The van der Waals surface area contributed by atoms with Gasteiger partial charge in [-0.1, -0.05) is 38.1 Å². The molecule has 0 aliphatic carbocycles. The van der Waals surface area contributed by atoms with Crippen molar-refractivity contribution in [3.8, 4) is 17.0 Å². The van der Waals surface area contributed by atoms with Crippen LogP contribution in [0.2, 0.25) is 0 Å². The van der Waals surface area contributed by atoms with Crippen LogP contribution in [0.3, 0.4) is 0 Å². The quantitative estimate of drug-likeness (QED) is 0.866. The van der Waals surface area contributed by atoms with Crippen LogP contribution in [-0.2, 0) is 0 Å². The van der Waals surface area contributed by atoms with Gasteiger partial charge in [-0.3, -0.25) is 0 Å². The molecule has 1 N–H and O–H groups in total. The second-order valence-corrected chi connectivity index (χ2v) is 4.73. The van der Waals surface area contributed by atoms with E-state index in [1.165, 1.54) is 11.1 Å². The predicted octanol–water partition coefficient (Wildman–Crippen LogP) is 3.82. The average molecular weight is 270 g/mol. The van der Waals surface area contributed by atoms with Crippen molar-refractivity contribution >= 4 is 0 Å². The van der Waals surface area contributed by atoms with Crippen LogP contribution in [0.5, 0.6) is 5.88 Å². The summed E-state index contributed by atoms with van der Waals surface area (Å²) in [6.07, 6.45) is 2.94. The van der Waals surface area contributed by atoms with E-state index in [1.54, 1.807) is 7.11 Å². The number of ether oxygens (including phenoxy) is 1. The van der Waals surface area contributed by atoms with Crippen molar-refractivity contribution in [1.29, 1.82) is 0 Å². The lowest BCUT2D eigenvalue weighted by atomic mass is 10.0. The van der Waals surface area contributed by atoms with Crippen LogP contribution >= 0.6 is 0 Å². The highest BCUT2D eigenvalue weighted by Gasteiger charge is 2.07. The fourth-order valence-electron chi connectivity index (χ4n) is 2.32. The SMILES string of the molecule is CCNC(CC)c1ccc(-c2ccc(OC)nc2)cc1. The molecule has 1 unspecified atom stereocenters. The maximum Gasteiger partial charge on any atom is 0.212 e. The Balaban J connectivity index is 2.18. The number of benzene rings is 1. The lowest BCUT2D eigenvalue weighted by Gasteiger charge is -2.16. The summed E-state index contributed by atoms with van der Waals surface area (Å²) in [5.74, 6) is 0.642. The zero-order valence-corrected chi connectivity index (χ0v) is 12.4. The highest BCUT2D eigenvalue weighted by molar-refractivity contribution is 5.63. The fourth-order valence-corrected chi connectivity index (χ4v) is 2.32. The second-order valence-electron chi connectivity index (χ2n) is 4.73. The normalized spacial score (nSPS) is 12.2. The highest BCUT2D eigenvalue weighted by Crippen LogP contribution is 2.23. The van der Waals surface area contributed by atoms with Gasteiger partial charge in [0.25, 0.3) is 0 Å². The number of aromatic nitrogens is 1. The van der Waals surface area contributed by atoms with Crippen molar-refractivity contribution in [1.82, 2.24) is 10.3 Å². The molecule has 2 rings (SSSR count). The van der Waals surface area contributed by atoms with E-state index in [-0.39, 0.29) is 0 Å². The molecule has 3 nitrogen and oxygen atoms in total. The number of methoxy groups -OCH3 is 1. The summed E-state index contributed by atoms with van der Waals surface area (Å²) in [7, 11) is 1.63. The van der Waals surface area contributed by atoms with Gasteiger partial charge >= 0.3 is 0 Å². The molecule has 1 atom stereocenters. The number of rotatable bonds is 6. The minimum absolute atomic E-state index is 0.433. The molecule has 0 aliphatic rings. The van der Waals surface area contributed by atoms with Crippen molar-refractivity contribution in [3.05, 3.63) is 48.2 Å². The van der Waals surface area contributed by atoms with E-state index in [4.69, 9.17) is 4.74 Å². The summed E-state index contributed by atoms with van der Waals surface area (Å²) in [6.45, 7) is 5.33. The van der Waals surface area contributed by atoms with Gasteiger partial charge in [0, 0.05) is 23.9 Å². The fraction of sp³-hybridized carbons (Fsp3) is 0.353. The Hall–Kier alpha value is -1.87. The largest absolute Gasteiger partial charge is 0.481 e.